The number of benzene rings is 1. The van der Waals surface area contributed by atoms with E-state index in [4.69, 9.17) is 4.99 Å². The van der Waals surface area contributed by atoms with E-state index >= 15 is 0 Å². The third-order valence-corrected chi connectivity index (χ3v) is 6.20. The summed E-state index contributed by atoms with van der Waals surface area (Å²) in [5, 5.41) is 1.64. The van der Waals surface area contributed by atoms with Gasteiger partial charge in [0.05, 0.1) is 5.70 Å². The lowest BCUT2D eigenvalue weighted by Gasteiger charge is -2.09. The number of nitrogens with zero attached hydrogens (tertiary/aromatic N) is 1. The van der Waals surface area contributed by atoms with Crippen molar-refractivity contribution in [1.82, 2.24) is 0 Å². The molecule has 22 heavy (non-hydrogen) atoms. The van der Waals surface area contributed by atoms with Crippen LogP contribution in [0.2, 0.25) is 0 Å². The zero-order chi connectivity index (χ0) is 14.9. The molecule has 0 amide bonds. The zero-order valence-electron chi connectivity index (χ0n) is 12.8. The molecule has 0 saturated carbocycles. The minimum absolute atomic E-state index is 0.299. The fourth-order valence-electron chi connectivity index (χ4n) is 3.45. The van der Waals surface area contributed by atoms with Gasteiger partial charge in [-0.15, -0.1) is 0 Å². The maximum absolute atomic E-state index is 4.81. The molecule has 2 heteroatoms. The monoisotopic (exact) mass is 301 g/mol. The van der Waals surface area contributed by atoms with E-state index in [0.717, 1.165) is 12.8 Å². The molecule has 1 aromatic rings. The van der Waals surface area contributed by atoms with Gasteiger partial charge < -0.3 is 0 Å². The normalized spacial score (nSPS) is 21.3. The predicted octanol–water partition coefficient (Wildman–Crippen LogP) is 3.74. The Balaban J connectivity index is 1.68. The van der Waals surface area contributed by atoms with E-state index < -0.39 is 0 Å². The van der Waals surface area contributed by atoms with Crippen LogP contribution in [0.3, 0.4) is 0 Å². The molecule has 0 unspecified atom stereocenters. The molecule has 0 fully saturated rings. The highest BCUT2D eigenvalue weighted by Crippen LogP contribution is 2.37. The van der Waals surface area contributed by atoms with Crippen molar-refractivity contribution >= 4 is 20.0 Å². The van der Waals surface area contributed by atoms with E-state index in [0.29, 0.717) is 9.13 Å². The van der Waals surface area contributed by atoms with Gasteiger partial charge in [0.25, 0.3) is 0 Å². The molecule has 1 heterocycles. The Labute approximate surface area is 133 Å². The molecule has 4 rings (SSSR count). The predicted molar refractivity (Wildman–Crippen MR) is 97.0 cm³/mol. The summed E-state index contributed by atoms with van der Waals surface area (Å²) in [5.41, 5.74) is 8.22. The minimum atomic E-state index is 0.299. The van der Waals surface area contributed by atoms with Gasteiger partial charge in [-0.3, -0.25) is 4.99 Å². The van der Waals surface area contributed by atoms with Gasteiger partial charge in [0, 0.05) is 26.0 Å². The Morgan fingerprint density at radius 1 is 1.09 bits per heavy atom. The van der Waals surface area contributed by atoms with Crippen molar-refractivity contribution < 1.29 is 0 Å². The minimum Gasteiger partial charge on any atom is -0.253 e. The van der Waals surface area contributed by atoms with Crippen LogP contribution in [0, 0.1) is 0 Å². The Kier molecular flexibility index (Phi) is 3.47. The quantitative estimate of drug-likeness (QED) is 0.754. The second-order valence-corrected chi connectivity index (χ2v) is 7.50. The first-order chi connectivity index (χ1) is 10.8. The lowest BCUT2D eigenvalue weighted by Crippen LogP contribution is -2.09. The third kappa shape index (κ3) is 2.34. The largest absolute Gasteiger partial charge is 0.253 e. The molecule has 0 radical (unpaired) electrons. The van der Waals surface area contributed by atoms with Gasteiger partial charge in [-0.1, -0.05) is 59.8 Å². The molecule has 0 N–H and O–H groups in total. The molecule has 2 aliphatic carbocycles. The highest BCUT2D eigenvalue weighted by molar-refractivity contribution is 6.60. The average molecular weight is 301 g/mol. The molecule has 0 atom stereocenters. The molecule has 1 aromatic carbocycles. The van der Waals surface area contributed by atoms with E-state index in [1.165, 1.54) is 39.7 Å². The zero-order valence-corrected chi connectivity index (χ0v) is 14.0. The number of rotatable bonds is 3. The van der Waals surface area contributed by atoms with Gasteiger partial charge >= 0.3 is 0 Å². The van der Waals surface area contributed by atoms with Gasteiger partial charge in [-0.05, 0) is 36.9 Å². The van der Waals surface area contributed by atoms with Crippen molar-refractivity contribution in [2.45, 2.75) is 25.8 Å². The van der Waals surface area contributed by atoms with E-state index in [1.807, 2.05) is 0 Å². The smallest absolute Gasteiger partial charge is 0.0674 e. The van der Waals surface area contributed by atoms with Crippen LogP contribution in [0.5, 0.6) is 0 Å². The summed E-state index contributed by atoms with van der Waals surface area (Å²) in [6.07, 6.45) is 11.1. The molecular formula is C20H19NSi. The number of fused-ring (bicyclic) bond motifs is 1. The Morgan fingerprint density at radius 2 is 1.95 bits per heavy atom. The van der Waals surface area contributed by atoms with Crippen LogP contribution in [0.15, 0.2) is 82.0 Å². The van der Waals surface area contributed by atoms with Crippen molar-refractivity contribution in [2.75, 3.05) is 0 Å². The number of hydrogen-bond donors (Lipinski definition) is 0. The molecule has 0 aromatic heterocycles. The highest BCUT2D eigenvalue weighted by Gasteiger charge is 2.28. The summed E-state index contributed by atoms with van der Waals surface area (Å²) in [7, 11) is 0.299. The molecule has 0 spiro atoms. The van der Waals surface area contributed by atoms with E-state index in [-0.39, 0.29) is 0 Å². The van der Waals surface area contributed by atoms with Crippen molar-refractivity contribution in [3.8, 4) is 0 Å². The van der Waals surface area contributed by atoms with E-state index in [9.17, 15) is 0 Å². The van der Waals surface area contributed by atoms with Crippen molar-refractivity contribution in [2.24, 2.45) is 4.99 Å². The van der Waals surface area contributed by atoms with Crippen LogP contribution in [0.4, 0.5) is 0 Å². The first kappa shape index (κ1) is 13.6. The molecule has 0 saturated heterocycles. The van der Waals surface area contributed by atoms with E-state index in [1.54, 1.807) is 5.17 Å². The SMILES string of the molecule is CC1=NC2=CCC(=[SiH]Cc3ccccc3)C2=C1C1=CC=CC1. The van der Waals surface area contributed by atoms with Crippen LogP contribution in [0.1, 0.15) is 25.3 Å². The van der Waals surface area contributed by atoms with Crippen LogP contribution in [-0.4, -0.2) is 20.0 Å². The van der Waals surface area contributed by atoms with Crippen LogP contribution in [-0.2, 0) is 6.04 Å². The standard InChI is InChI=1S/C20H19NSi/c1-14-19(16-9-5-6-10-16)20-17(21-14)11-12-18(20)22-13-15-7-3-2-4-8-15/h2-9,11,22H,10,12-13H2,1H3. The third-order valence-electron chi connectivity index (χ3n) is 4.51. The first-order valence-electron chi connectivity index (χ1n) is 7.93. The van der Waals surface area contributed by atoms with Gasteiger partial charge in [0.15, 0.2) is 0 Å². The van der Waals surface area contributed by atoms with Crippen molar-refractivity contribution in [3.63, 3.8) is 0 Å². The Hall–Kier alpha value is -2.06. The molecular weight excluding hydrogens is 282 g/mol. The Bertz CT molecular complexity index is 801. The number of allylic oxidation sites excluding steroid dienone is 7. The molecule has 0 bridgehead atoms. The summed E-state index contributed by atoms with van der Waals surface area (Å²) < 4.78 is 0. The molecule has 1 aliphatic heterocycles. The summed E-state index contributed by atoms with van der Waals surface area (Å²) in [6, 6.07) is 12.1. The average Bonchev–Trinajstić information content (AvgIpc) is 3.23. The van der Waals surface area contributed by atoms with Gasteiger partial charge in [0.2, 0.25) is 0 Å². The fourth-order valence-corrected chi connectivity index (χ4v) is 4.98. The summed E-state index contributed by atoms with van der Waals surface area (Å²) in [5.74, 6) is 0. The van der Waals surface area contributed by atoms with Gasteiger partial charge in [0.1, 0.15) is 0 Å². The first-order valence-corrected chi connectivity index (χ1v) is 9.32. The van der Waals surface area contributed by atoms with Crippen molar-refractivity contribution in [3.05, 3.63) is 82.6 Å². The number of hydrogen-bond acceptors (Lipinski definition) is 1. The van der Waals surface area contributed by atoms with Crippen LogP contribution < -0.4 is 0 Å². The molecule has 108 valence electrons. The summed E-state index contributed by atoms with van der Waals surface area (Å²) >= 11 is 0. The number of aliphatic imine (C=N–C) groups is 1. The second kappa shape index (κ2) is 5.62. The van der Waals surface area contributed by atoms with Crippen molar-refractivity contribution in [1.29, 1.82) is 0 Å². The molecule has 3 aliphatic rings. The summed E-state index contributed by atoms with van der Waals surface area (Å²) in [6.45, 7) is 2.16. The highest BCUT2D eigenvalue weighted by atomic mass is 28.2. The maximum atomic E-state index is 4.81. The van der Waals surface area contributed by atoms with E-state index in [2.05, 4.69) is 61.6 Å². The van der Waals surface area contributed by atoms with Crippen LogP contribution >= 0.6 is 0 Å². The summed E-state index contributed by atoms with van der Waals surface area (Å²) in [4.78, 5) is 4.81. The maximum Gasteiger partial charge on any atom is 0.0674 e. The fraction of sp³-hybridized carbons (Fsp3) is 0.200. The second-order valence-electron chi connectivity index (χ2n) is 5.98. The van der Waals surface area contributed by atoms with Crippen LogP contribution in [0.25, 0.3) is 0 Å². The molecule has 1 nitrogen and oxygen atoms in total. The lowest BCUT2D eigenvalue weighted by molar-refractivity contribution is 1.30. The topological polar surface area (TPSA) is 12.4 Å². The van der Waals surface area contributed by atoms with Gasteiger partial charge in [-0.25, -0.2) is 0 Å². The van der Waals surface area contributed by atoms with Gasteiger partial charge in [-0.2, -0.15) is 0 Å². The lowest BCUT2D eigenvalue weighted by atomic mass is 9.96. The Morgan fingerprint density at radius 3 is 2.73 bits per heavy atom.